The van der Waals surface area contributed by atoms with E-state index in [-0.39, 0.29) is 5.92 Å². The van der Waals surface area contributed by atoms with Crippen molar-refractivity contribution in [1.29, 1.82) is 5.41 Å². The molecule has 3 heteroatoms. The van der Waals surface area contributed by atoms with Crippen LogP contribution in [-0.2, 0) is 0 Å². The van der Waals surface area contributed by atoms with Gasteiger partial charge < -0.3 is 11.1 Å². The van der Waals surface area contributed by atoms with Crippen LogP contribution in [0.15, 0.2) is 18.3 Å². The monoisotopic (exact) mass is 177 g/mol. The lowest BCUT2D eigenvalue weighted by molar-refractivity contribution is 0.734. The summed E-state index contributed by atoms with van der Waals surface area (Å²) < 4.78 is 0. The Bertz CT molecular complexity index is 307. The Kier molecular flexibility index (Phi) is 3.01. The van der Waals surface area contributed by atoms with E-state index in [1.54, 1.807) is 18.3 Å². The lowest BCUT2D eigenvalue weighted by atomic mass is 9.99. The molecule has 1 rings (SSSR count). The number of anilines is 1. The van der Waals surface area contributed by atoms with Gasteiger partial charge in [0.15, 0.2) is 0 Å². The number of nitrogens with two attached hydrogens (primary N) is 1. The molecule has 0 aliphatic rings. The Morgan fingerprint density at radius 3 is 2.92 bits per heavy atom. The zero-order chi connectivity index (χ0) is 9.84. The van der Waals surface area contributed by atoms with Crippen LogP contribution in [0, 0.1) is 11.3 Å². The predicted octanol–water partition coefficient (Wildman–Crippen LogP) is 2.08. The highest BCUT2D eigenvalue weighted by molar-refractivity contribution is 6.01. The summed E-state index contributed by atoms with van der Waals surface area (Å²) >= 11 is 0. The molecule has 0 saturated carbocycles. The van der Waals surface area contributed by atoms with Crippen LogP contribution in [0.1, 0.15) is 26.0 Å². The van der Waals surface area contributed by atoms with Gasteiger partial charge in [-0.2, -0.15) is 0 Å². The Labute approximate surface area is 78.5 Å². The molecule has 0 aliphatic carbocycles. The van der Waals surface area contributed by atoms with Crippen molar-refractivity contribution in [1.82, 2.24) is 4.98 Å². The first-order valence-corrected chi connectivity index (χ1v) is 4.46. The second kappa shape index (κ2) is 4.03. The van der Waals surface area contributed by atoms with Crippen molar-refractivity contribution in [2.24, 2.45) is 5.92 Å². The Morgan fingerprint density at radius 1 is 1.69 bits per heavy atom. The fourth-order valence-electron chi connectivity index (χ4n) is 1.08. The number of nitrogen functional groups attached to an aromatic ring is 1. The number of pyridine rings is 1. The molecule has 0 bridgehead atoms. The number of hydrogen-bond donors (Lipinski definition) is 2. The van der Waals surface area contributed by atoms with Crippen molar-refractivity contribution in [3.05, 3.63) is 24.0 Å². The number of hydrogen-bond acceptors (Lipinski definition) is 3. The third-order valence-corrected chi connectivity index (χ3v) is 2.20. The van der Waals surface area contributed by atoms with Crippen molar-refractivity contribution in [2.75, 3.05) is 5.73 Å². The van der Waals surface area contributed by atoms with E-state index in [4.69, 9.17) is 11.1 Å². The number of rotatable bonds is 3. The standard InChI is InChI=1S/C10H15N3/c1-3-7(2)9(12)10-8(11)5-4-6-13-10/h4-7,12H,3,11H2,1-2H3. The first kappa shape index (κ1) is 9.71. The van der Waals surface area contributed by atoms with E-state index in [0.29, 0.717) is 17.1 Å². The molecule has 13 heavy (non-hydrogen) atoms. The van der Waals surface area contributed by atoms with E-state index in [0.717, 1.165) is 6.42 Å². The van der Waals surface area contributed by atoms with Crippen LogP contribution in [0.3, 0.4) is 0 Å². The molecular formula is C10H15N3. The van der Waals surface area contributed by atoms with Crippen molar-refractivity contribution < 1.29 is 0 Å². The van der Waals surface area contributed by atoms with E-state index in [1.165, 1.54) is 0 Å². The highest BCUT2D eigenvalue weighted by Crippen LogP contribution is 2.14. The van der Waals surface area contributed by atoms with Gasteiger partial charge in [-0.3, -0.25) is 4.98 Å². The van der Waals surface area contributed by atoms with Gasteiger partial charge in [0.05, 0.1) is 11.4 Å². The minimum absolute atomic E-state index is 0.220. The molecule has 1 unspecified atom stereocenters. The first-order valence-electron chi connectivity index (χ1n) is 4.46. The molecule has 1 aromatic heterocycles. The lowest BCUT2D eigenvalue weighted by Crippen LogP contribution is -2.14. The summed E-state index contributed by atoms with van der Waals surface area (Å²) in [5.41, 5.74) is 7.45. The van der Waals surface area contributed by atoms with E-state index < -0.39 is 0 Å². The average Bonchev–Trinajstić information content (AvgIpc) is 2.16. The zero-order valence-corrected chi connectivity index (χ0v) is 8.04. The molecular weight excluding hydrogens is 162 g/mol. The van der Waals surface area contributed by atoms with Crippen LogP contribution < -0.4 is 5.73 Å². The lowest BCUT2D eigenvalue weighted by Gasteiger charge is -2.11. The molecule has 1 aromatic rings. The number of aromatic nitrogens is 1. The van der Waals surface area contributed by atoms with Crippen molar-refractivity contribution >= 4 is 11.4 Å². The average molecular weight is 177 g/mol. The quantitative estimate of drug-likeness (QED) is 0.694. The summed E-state index contributed by atoms with van der Waals surface area (Å²) in [6.07, 6.45) is 2.61. The number of nitrogens with zero attached hydrogens (tertiary/aromatic N) is 1. The molecule has 0 spiro atoms. The molecule has 3 nitrogen and oxygen atoms in total. The predicted molar refractivity (Wildman–Crippen MR) is 54.9 cm³/mol. The van der Waals surface area contributed by atoms with E-state index in [1.807, 2.05) is 6.92 Å². The van der Waals surface area contributed by atoms with Crippen LogP contribution >= 0.6 is 0 Å². The van der Waals surface area contributed by atoms with Gasteiger partial charge in [-0.1, -0.05) is 13.8 Å². The second-order valence-corrected chi connectivity index (χ2v) is 3.16. The van der Waals surface area contributed by atoms with Crippen LogP contribution in [-0.4, -0.2) is 10.7 Å². The largest absolute Gasteiger partial charge is 0.397 e. The van der Waals surface area contributed by atoms with Crippen LogP contribution in [0.25, 0.3) is 0 Å². The summed E-state index contributed by atoms with van der Waals surface area (Å²) in [5, 5.41) is 7.83. The van der Waals surface area contributed by atoms with Crippen LogP contribution in [0.5, 0.6) is 0 Å². The molecule has 0 amide bonds. The summed E-state index contributed by atoms with van der Waals surface area (Å²) in [5.74, 6) is 0.220. The highest BCUT2D eigenvalue weighted by atomic mass is 14.8. The minimum atomic E-state index is 0.220. The van der Waals surface area contributed by atoms with Crippen molar-refractivity contribution in [3.8, 4) is 0 Å². The van der Waals surface area contributed by atoms with Gasteiger partial charge >= 0.3 is 0 Å². The second-order valence-electron chi connectivity index (χ2n) is 3.16. The van der Waals surface area contributed by atoms with Gasteiger partial charge in [-0.05, 0) is 24.5 Å². The molecule has 70 valence electrons. The van der Waals surface area contributed by atoms with E-state index in [9.17, 15) is 0 Å². The van der Waals surface area contributed by atoms with Gasteiger partial charge in [0.2, 0.25) is 0 Å². The van der Waals surface area contributed by atoms with Crippen LogP contribution in [0.2, 0.25) is 0 Å². The maximum Gasteiger partial charge on any atom is 0.107 e. The Hall–Kier alpha value is -1.38. The summed E-state index contributed by atoms with van der Waals surface area (Å²) in [4.78, 5) is 4.10. The molecule has 3 N–H and O–H groups in total. The minimum Gasteiger partial charge on any atom is -0.397 e. The zero-order valence-electron chi connectivity index (χ0n) is 8.04. The summed E-state index contributed by atoms with van der Waals surface area (Å²) in [6.45, 7) is 4.06. The molecule has 0 aliphatic heterocycles. The van der Waals surface area contributed by atoms with Crippen LogP contribution in [0.4, 0.5) is 5.69 Å². The maximum absolute atomic E-state index is 7.83. The van der Waals surface area contributed by atoms with Gasteiger partial charge in [-0.25, -0.2) is 0 Å². The molecule has 1 heterocycles. The summed E-state index contributed by atoms with van der Waals surface area (Å²) in [6, 6.07) is 3.56. The Morgan fingerprint density at radius 2 is 2.38 bits per heavy atom. The van der Waals surface area contributed by atoms with Gasteiger partial charge in [0.25, 0.3) is 0 Å². The topological polar surface area (TPSA) is 62.8 Å². The molecule has 1 atom stereocenters. The highest BCUT2D eigenvalue weighted by Gasteiger charge is 2.12. The molecule has 0 radical (unpaired) electrons. The smallest absolute Gasteiger partial charge is 0.107 e. The SMILES string of the molecule is CCC(C)C(=N)c1ncccc1N. The first-order chi connectivity index (χ1) is 6.16. The Balaban J connectivity index is 2.95. The van der Waals surface area contributed by atoms with Gasteiger partial charge in [0.1, 0.15) is 5.69 Å². The molecule has 0 fully saturated rings. The maximum atomic E-state index is 7.83. The van der Waals surface area contributed by atoms with Crippen molar-refractivity contribution in [3.63, 3.8) is 0 Å². The molecule has 0 saturated heterocycles. The molecule has 0 aromatic carbocycles. The van der Waals surface area contributed by atoms with Gasteiger partial charge in [0, 0.05) is 6.20 Å². The van der Waals surface area contributed by atoms with E-state index >= 15 is 0 Å². The normalized spacial score (nSPS) is 12.5. The van der Waals surface area contributed by atoms with Gasteiger partial charge in [-0.15, -0.1) is 0 Å². The fraction of sp³-hybridized carbons (Fsp3) is 0.400. The van der Waals surface area contributed by atoms with E-state index in [2.05, 4.69) is 11.9 Å². The number of nitrogens with one attached hydrogen (secondary N) is 1. The third kappa shape index (κ3) is 2.05. The summed E-state index contributed by atoms with van der Waals surface area (Å²) in [7, 11) is 0. The van der Waals surface area contributed by atoms with Crippen molar-refractivity contribution in [2.45, 2.75) is 20.3 Å². The third-order valence-electron chi connectivity index (χ3n) is 2.20. The fourth-order valence-corrected chi connectivity index (χ4v) is 1.08.